The van der Waals surface area contributed by atoms with Crippen molar-refractivity contribution in [2.45, 2.75) is 55.1 Å². The second kappa shape index (κ2) is 15.7. The van der Waals surface area contributed by atoms with E-state index in [0.29, 0.717) is 0 Å². The van der Waals surface area contributed by atoms with E-state index in [0.717, 1.165) is 0 Å². The summed E-state index contributed by atoms with van der Waals surface area (Å²) in [5.74, 6) is -1.01. The third-order valence-corrected chi connectivity index (χ3v) is 4.77. The fourth-order valence-corrected chi connectivity index (χ4v) is 2.51. The van der Waals surface area contributed by atoms with Gasteiger partial charge in [-0.25, -0.2) is 0 Å². The molecule has 0 rings (SSSR count). The number of rotatable bonds is 17. The highest BCUT2D eigenvalue weighted by Gasteiger charge is 2.35. The van der Waals surface area contributed by atoms with Crippen LogP contribution in [-0.2, 0) is 4.79 Å². The number of likely N-dealkylation sites (N-methyl/N-ethyl adjacent to an activating group) is 1. The highest BCUT2D eigenvalue weighted by molar-refractivity contribution is 5.81. The van der Waals surface area contributed by atoms with Crippen LogP contribution in [0, 0.1) is 0 Å². The van der Waals surface area contributed by atoms with Gasteiger partial charge in [0.25, 0.3) is 5.91 Å². The molecule has 192 valence electrons. The Labute approximate surface area is 184 Å². The Morgan fingerprint density at radius 1 is 0.719 bits per heavy atom. The number of hydrogen-bond donors (Lipinski definition) is 13. The van der Waals surface area contributed by atoms with Gasteiger partial charge in [0.15, 0.2) is 6.10 Å². The number of hydrogen-bond acceptors (Lipinski definition) is 14. The molecule has 0 fully saturated rings. The molecule has 0 aliphatic carbocycles. The minimum atomic E-state index is -2.04. The van der Waals surface area contributed by atoms with Gasteiger partial charge < -0.3 is 66.4 Å². The Bertz CT molecular complexity index is 519. The van der Waals surface area contributed by atoms with Crippen molar-refractivity contribution < 1.29 is 61.0 Å². The molecule has 9 unspecified atom stereocenters. The zero-order valence-electron chi connectivity index (χ0n) is 17.7. The Morgan fingerprint density at radius 2 is 1.19 bits per heavy atom. The maximum absolute atomic E-state index is 11.8. The molecular weight excluding hydrogens is 438 g/mol. The summed E-state index contributed by atoms with van der Waals surface area (Å²) in [6.45, 7) is -1.07. The Balaban J connectivity index is 4.25. The van der Waals surface area contributed by atoms with Gasteiger partial charge in [-0.05, 0) is 7.05 Å². The monoisotopic (exact) mass is 475 g/mol. The van der Waals surface area contributed by atoms with Gasteiger partial charge in [-0.15, -0.1) is 0 Å². The molecular formula is C17H37N3O12. The number of nitrogens with zero attached hydrogens (tertiary/aromatic N) is 1. The van der Waals surface area contributed by atoms with Gasteiger partial charge in [-0.2, -0.15) is 0 Å². The van der Waals surface area contributed by atoms with E-state index in [2.05, 4.69) is 10.6 Å². The topological polar surface area (TPSA) is 267 Å². The fourth-order valence-electron chi connectivity index (χ4n) is 2.51. The molecule has 0 saturated carbocycles. The number of aliphatic hydroxyl groups excluding tert-OH is 11. The SMILES string of the molecule is CN(CCNC(=O)C(O)C(O)C(O)C(O)CO)CCNC(O)C(O)C(O)C(O)C(O)CO. The van der Waals surface area contributed by atoms with Gasteiger partial charge in [0.2, 0.25) is 0 Å². The minimum Gasteiger partial charge on any atom is -0.394 e. The third kappa shape index (κ3) is 10.3. The molecule has 0 aromatic carbocycles. The van der Waals surface area contributed by atoms with E-state index < -0.39 is 74.2 Å². The third-order valence-electron chi connectivity index (χ3n) is 4.77. The van der Waals surface area contributed by atoms with Crippen LogP contribution in [0.2, 0.25) is 0 Å². The number of aliphatic hydroxyl groups is 11. The molecule has 0 spiro atoms. The molecule has 15 nitrogen and oxygen atoms in total. The van der Waals surface area contributed by atoms with Crippen LogP contribution in [-0.4, -0.2) is 168 Å². The van der Waals surface area contributed by atoms with E-state index in [1.54, 1.807) is 11.9 Å². The lowest BCUT2D eigenvalue weighted by Crippen LogP contribution is -2.54. The van der Waals surface area contributed by atoms with Crippen molar-refractivity contribution in [3.63, 3.8) is 0 Å². The van der Waals surface area contributed by atoms with Crippen molar-refractivity contribution in [2.75, 3.05) is 46.4 Å². The summed E-state index contributed by atoms with van der Waals surface area (Å²) in [6.07, 6.45) is -16.7. The summed E-state index contributed by atoms with van der Waals surface area (Å²) in [4.78, 5) is 13.5. The van der Waals surface area contributed by atoms with E-state index in [1.807, 2.05) is 0 Å². The summed E-state index contributed by atoms with van der Waals surface area (Å²) >= 11 is 0. The Morgan fingerprint density at radius 3 is 1.69 bits per heavy atom. The van der Waals surface area contributed by atoms with Crippen LogP contribution in [0.1, 0.15) is 0 Å². The second-order valence-corrected chi connectivity index (χ2v) is 7.39. The molecule has 0 aliphatic heterocycles. The summed E-state index contributed by atoms with van der Waals surface area (Å²) < 4.78 is 0. The van der Waals surface area contributed by atoms with Crippen molar-refractivity contribution in [3.05, 3.63) is 0 Å². The van der Waals surface area contributed by atoms with E-state index >= 15 is 0 Å². The summed E-state index contributed by atoms with van der Waals surface area (Å²) in [7, 11) is 1.64. The van der Waals surface area contributed by atoms with Gasteiger partial charge in [0.05, 0.1) is 13.2 Å². The van der Waals surface area contributed by atoms with Gasteiger partial charge in [-0.1, -0.05) is 0 Å². The first-order chi connectivity index (χ1) is 14.9. The number of carbonyl (C=O) groups excluding carboxylic acids is 1. The van der Waals surface area contributed by atoms with Crippen LogP contribution in [0.25, 0.3) is 0 Å². The van der Waals surface area contributed by atoms with Crippen LogP contribution in [0.4, 0.5) is 0 Å². The molecule has 0 aromatic heterocycles. The predicted octanol–water partition coefficient (Wildman–Crippen LogP) is -8.19. The van der Waals surface area contributed by atoms with E-state index in [4.69, 9.17) is 10.2 Å². The summed E-state index contributed by atoms with van der Waals surface area (Å²) in [5.41, 5.74) is 0. The molecule has 0 aliphatic rings. The predicted molar refractivity (Wildman–Crippen MR) is 107 cm³/mol. The quantitative estimate of drug-likeness (QED) is 0.0871. The van der Waals surface area contributed by atoms with Gasteiger partial charge in [0.1, 0.15) is 49.0 Å². The number of carbonyl (C=O) groups is 1. The molecule has 0 heterocycles. The molecule has 0 aromatic rings. The maximum Gasteiger partial charge on any atom is 0.251 e. The van der Waals surface area contributed by atoms with Crippen LogP contribution in [0.15, 0.2) is 0 Å². The van der Waals surface area contributed by atoms with Crippen molar-refractivity contribution in [3.8, 4) is 0 Å². The van der Waals surface area contributed by atoms with Crippen molar-refractivity contribution in [2.24, 2.45) is 0 Å². The van der Waals surface area contributed by atoms with Crippen LogP contribution in [0.5, 0.6) is 0 Å². The van der Waals surface area contributed by atoms with Crippen molar-refractivity contribution in [1.82, 2.24) is 15.5 Å². The molecule has 32 heavy (non-hydrogen) atoms. The molecule has 1 amide bonds. The molecule has 13 N–H and O–H groups in total. The molecule has 9 atom stereocenters. The van der Waals surface area contributed by atoms with Gasteiger partial charge >= 0.3 is 0 Å². The molecule has 15 heteroatoms. The normalized spacial score (nSPS) is 20.7. The van der Waals surface area contributed by atoms with Crippen molar-refractivity contribution >= 4 is 5.91 Å². The summed E-state index contributed by atoms with van der Waals surface area (Å²) in [6, 6.07) is 0. The lowest BCUT2D eigenvalue weighted by atomic mass is 10.0. The van der Waals surface area contributed by atoms with E-state index in [9.17, 15) is 50.8 Å². The lowest BCUT2D eigenvalue weighted by Gasteiger charge is -2.29. The first-order valence-electron chi connectivity index (χ1n) is 9.92. The Kier molecular flexibility index (Phi) is 15.2. The largest absolute Gasteiger partial charge is 0.394 e. The van der Waals surface area contributed by atoms with Crippen molar-refractivity contribution in [1.29, 1.82) is 0 Å². The molecule has 0 saturated heterocycles. The average molecular weight is 475 g/mol. The average Bonchev–Trinajstić information content (AvgIpc) is 2.79. The van der Waals surface area contributed by atoms with Crippen LogP contribution < -0.4 is 10.6 Å². The smallest absolute Gasteiger partial charge is 0.251 e. The molecule has 0 bridgehead atoms. The minimum absolute atomic E-state index is 0.0207. The second-order valence-electron chi connectivity index (χ2n) is 7.39. The van der Waals surface area contributed by atoms with Gasteiger partial charge in [-0.3, -0.25) is 10.1 Å². The Hall–Kier alpha value is -1.05. The van der Waals surface area contributed by atoms with E-state index in [-0.39, 0.29) is 26.2 Å². The standard InChI is InChI=1S/C17H37N3O12/c1-20(4-2-18-16(31)14(29)12(27)10(25)8(23)6-21)5-3-19-17(32)15(30)13(28)11(26)9(24)7-22/h8-16,18,21-31H,2-7H2,1H3,(H,19,32). The number of nitrogens with one attached hydrogen (secondary N) is 2. The first-order valence-corrected chi connectivity index (χ1v) is 9.92. The zero-order valence-corrected chi connectivity index (χ0v) is 17.7. The zero-order chi connectivity index (χ0) is 25.0. The first kappa shape index (κ1) is 30.9. The molecule has 0 radical (unpaired) electrons. The lowest BCUT2D eigenvalue weighted by molar-refractivity contribution is -0.148. The van der Waals surface area contributed by atoms with Gasteiger partial charge in [0, 0.05) is 26.2 Å². The maximum atomic E-state index is 11.8. The highest BCUT2D eigenvalue weighted by atomic mass is 16.4. The number of amides is 1. The summed E-state index contributed by atoms with van der Waals surface area (Å²) in [5, 5.41) is 108. The van der Waals surface area contributed by atoms with E-state index in [1.165, 1.54) is 0 Å². The van der Waals surface area contributed by atoms with Crippen LogP contribution >= 0.6 is 0 Å². The highest BCUT2D eigenvalue weighted by Crippen LogP contribution is 2.07. The fraction of sp³-hybridized carbons (Fsp3) is 0.941. The van der Waals surface area contributed by atoms with Crippen LogP contribution in [0.3, 0.4) is 0 Å².